The lowest BCUT2D eigenvalue weighted by Gasteiger charge is -2.07. The highest BCUT2D eigenvalue weighted by Crippen LogP contribution is 2.27. The van der Waals surface area contributed by atoms with Gasteiger partial charge in [0.1, 0.15) is 0 Å². The topological polar surface area (TPSA) is 89.7 Å². The van der Waals surface area contributed by atoms with Gasteiger partial charge in [-0.3, -0.25) is 14.9 Å². The van der Waals surface area contributed by atoms with Gasteiger partial charge in [-0.15, -0.1) is 0 Å². The van der Waals surface area contributed by atoms with Crippen LogP contribution in [0.25, 0.3) is 0 Å². The molecule has 0 bridgehead atoms. The summed E-state index contributed by atoms with van der Waals surface area (Å²) in [5, 5.41) is 19.3. The largest absolute Gasteiger partial charge is 0.487 e. The first-order chi connectivity index (χ1) is 9.00. The number of rotatable bonds is 8. The van der Waals surface area contributed by atoms with Crippen molar-refractivity contribution >= 4 is 11.7 Å². The fourth-order valence-corrected chi connectivity index (χ4v) is 1.62. The zero-order valence-electron chi connectivity index (χ0n) is 10.8. The standard InChI is InChI=1S/C13H17NO5/c1-10-6-7-11(14(17)18)12(9-10)19-8-4-2-3-5-13(15)16/h6-7,9H,2-5,8H2,1H3,(H,15,16). The zero-order valence-corrected chi connectivity index (χ0v) is 10.8. The fourth-order valence-electron chi connectivity index (χ4n) is 1.62. The minimum atomic E-state index is -0.810. The molecule has 0 amide bonds. The van der Waals surface area contributed by atoms with Crippen LogP contribution < -0.4 is 4.74 Å². The van der Waals surface area contributed by atoms with Crippen molar-refractivity contribution in [3.8, 4) is 5.75 Å². The van der Waals surface area contributed by atoms with Crippen LogP contribution in [-0.4, -0.2) is 22.6 Å². The van der Waals surface area contributed by atoms with E-state index in [2.05, 4.69) is 0 Å². The summed E-state index contributed by atoms with van der Waals surface area (Å²) < 4.78 is 5.40. The first kappa shape index (κ1) is 14.9. The number of hydrogen-bond donors (Lipinski definition) is 1. The molecule has 0 spiro atoms. The second kappa shape index (κ2) is 7.35. The highest BCUT2D eigenvalue weighted by atomic mass is 16.6. The molecule has 0 atom stereocenters. The molecule has 104 valence electrons. The lowest BCUT2D eigenvalue weighted by molar-refractivity contribution is -0.385. The van der Waals surface area contributed by atoms with Gasteiger partial charge in [0.2, 0.25) is 0 Å². The molecule has 0 aromatic heterocycles. The van der Waals surface area contributed by atoms with E-state index in [-0.39, 0.29) is 17.9 Å². The smallest absolute Gasteiger partial charge is 0.310 e. The lowest BCUT2D eigenvalue weighted by Crippen LogP contribution is -2.01. The van der Waals surface area contributed by atoms with E-state index in [1.54, 1.807) is 12.1 Å². The maximum Gasteiger partial charge on any atom is 0.310 e. The van der Waals surface area contributed by atoms with Crippen molar-refractivity contribution in [2.75, 3.05) is 6.61 Å². The number of carboxylic acid groups (broad SMARTS) is 1. The summed E-state index contributed by atoms with van der Waals surface area (Å²) in [6, 6.07) is 4.72. The summed E-state index contributed by atoms with van der Waals surface area (Å²) in [5.41, 5.74) is 0.850. The highest BCUT2D eigenvalue weighted by molar-refractivity contribution is 5.66. The molecule has 0 saturated heterocycles. The summed E-state index contributed by atoms with van der Waals surface area (Å²) in [5.74, 6) is -0.543. The van der Waals surface area contributed by atoms with E-state index in [1.807, 2.05) is 6.92 Å². The molecule has 0 fully saturated rings. The van der Waals surface area contributed by atoms with Gasteiger partial charge in [0.15, 0.2) is 5.75 Å². The number of carboxylic acids is 1. The van der Waals surface area contributed by atoms with E-state index in [9.17, 15) is 14.9 Å². The second-order valence-corrected chi connectivity index (χ2v) is 4.28. The Balaban J connectivity index is 2.42. The molecule has 1 N–H and O–H groups in total. The predicted molar refractivity (Wildman–Crippen MR) is 69.4 cm³/mol. The Morgan fingerprint density at radius 1 is 1.37 bits per heavy atom. The van der Waals surface area contributed by atoms with Crippen LogP contribution in [0.3, 0.4) is 0 Å². The Labute approximate surface area is 111 Å². The molecule has 1 rings (SSSR count). The van der Waals surface area contributed by atoms with Gasteiger partial charge in [-0.1, -0.05) is 6.07 Å². The number of nitro benzene ring substituents is 1. The number of unbranched alkanes of at least 4 members (excludes halogenated alkanes) is 2. The molecule has 0 aliphatic heterocycles. The van der Waals surface area contributed by atoms with Gasteiger partial charge in [-0.05, 0) is 37.8 Å². The number of aryl methyl sites for hydroxylation is 1. The third-order valence-electron chi connectivity index (χ3n) is 2.60. The Bertz CT molecular complexity index is 458. The lowest BCUT2D eigenvalue weighted by atomic mass is 10.2. The van der Waals surface area contributed by atoms with E-state index >= 15 is 0 Å². The van der Waals surface area contributed by atoms with Gasteiger partial charge >= 0.3 is 11.7 Å². The molecule has 0 aliphatic carbocycles. The average molecular weight is 267 g/mol. The summed E-state index contributed by atoms with van der Waals surface area (Å²) >= 11 is 0. The van der Waals surface area contributed by atoms with E-state index in [0.29, 0.717) is 19.4 Å². The van der Waals surface area contributed by atoms with E-state index in [4.69, 9.17) is 9.84 Å². The third kappa shape index (κ3) is 5.37. The van der Waals surface area contributed by atoms with E-state index < -0.39 is 10.9 Å². The quantitative estimate of drug-likeness (QED) is 0.444. The van der Waals surface area contributed by atoms with Crippen molar-refractivity contribution < 1.29 is 19.6 Å². The average Bonchev–Trinajstić information content (AvgIpc) is 2.33. The van der Waals surface area contributed by atoms with Crippen molar-refractivity contribution in [3.63, 3.8) is 0 Å². The number of nitrogens with zero attached hydrogens (tertiary/aromatic N) is 1. The summed E-state index contributed by atoms with van der Waals surface area (Å²) in [7, 11) is 0. The number of hydrogen-bond acceptors (Lipinski definition) is 4. The predicted octanol–water partition coefficient (Wildman–Crippen LogP) is 2.93. The minimum absolute atomic E-state index is 0.0452. The van der Waals surface area contributed by atoms with Crippen LogP contribution in [0, 0.1) is 17.0 Å². The molecule has 0 unspecified atom stereocenters. The highest BCUT2D eigenvalue weighted by Gasteiger charge is 2.14. The first-order valence-electron chi connectivity index (χ1n) is 6.10. The summed E-state index contributed by atoms with van der Waals surface area (Å²) in [6.07, 6.45) is 2.14. The maximum atomic E-state index is 10.8. The van der Waals surface area contributed by atoms with Gasteiger partial charge in [0, 0.05) is 12.5 Å². The zero-order chi connectivity index (χ0) is 14.3. The summed E-state index contributed by atoms with van der Waals surface area (Å²) in [6.45, 7) is 2.19. The van der Waals surface area contributed by atoms with Gasteiger partial charge in [-0.2, -0.15) is 0 Å². The van der Waals surface area contributed by atoms with Gasteiger partial charge in [0.05, 0.1) is 11.5 Å². The van der Waals surface area contributed by atoms with E-state index in [1.165, 1.54) is 6.07 Å². The van der Waals surface area contributed by atoms with E-state index in [0.717, 1.165) is 12.0 Å². The molecule has 19 heavy (non-hydrogen) atoms. The number of aliphatic carboxylic acids is 1. The van der Waals surface area contributed by atoms with Gasteiger partial charge in [-0.25, -0.2) is 0 Å². The SMILES string of the molecule is Cc1ccc([N+](=O)[O-])c(OCCCCCC(=O)O)c1. The Morgan fingerprint density at radius 3 is 2.74 bits per heavy atom. The van der Waals surface area contributed by atoms with Crippen molar-refractivity contribution in [3.05, 3.63) is 33.9 Å². The van der Waals surface area contributed by atoms with Crippen molar-refractivity contribution in [2.24, 2.45) is 0 Å². The Kier molecular flexibility index (Phi) is 5.78. The molecule has 1 aromatic carbocycles. The third-order valence-corrected chi connectivity index (χ3v) is 2.60. The van der Waals surface area contributed by atoms with Crippen LogP contribution >= 0.6 is 0 Å². The molecule has 6 nitrogen and oxygen atoms in total. The minimum Gasteiger partial charge on any atom is -0.487 e. The number of benzene rings is 1. The van der Waals surface area contributed by atoms with Gasteiger partial charge < -0.3 is 9.84 Å². The van der Waals surface area contributed by atoms with Crippen molar-refractivity contribution in [2.45, 2.75) is 32.6 Å². The Hall–Kier alpha value is -2.11. The van der Waals surface area contributed by atoms with Crippen LogP contribution in [0.4, 0.5) is 5.69 Å². The molecule has 0 aliphatic rings. The Morgan fingerprint density at radius 2 is 2.11 bits per heavy atom. The van der Waals surface area contributed by atoms with Crippen LogP contribution in [0.1, 0.15) is 31.2 Å². The number of ether oxygens (including phenoxy) is 1. The van der Waals surface area contributed by atoms with Gasteiger partial charge in [0.25, 0.3) is 0 Å². The van der Waals surface area contributed by atoms with Crippen LogP contribution in [0.5, 0.6) is 5.75 Å². The molecule has 0 saturated carbocycles. The van der Waals surface area contributed by atoms with Crippen LogP contribution in [0.15, 0.2) is 18.2 Å². The normalized spacial score (nSPS) is 10.2. The van der Waals surface area contributed by atoms with Crippen molar-refractivity contribution in [1.82, 2.24) is 0 Å². The van der Waals surface area contributed by atoms with Crippen LogP contribution in [-0.2, 0) is 4.79 Å². The molecular formula is C13H17NO5. The monoisotopic (exact) mass is 267 g/mol. The molecule has 1 aromatic rings. The molecule has 0 heterocycles. The fraction of sp³-hybridized carbons (Fsp3) is 0.462. The van der Waals surface area contributed by atoms with Crippen molar-refractivity contribution in [1.29, 1.82) is 0 Å². The molecule has 0 radical (unpaired) electrons. The summed E-state index contributed by atoms with van der Waals surface area (Å²) in [4.78, 5) is 20.6. The molecular weight excluding hydrogens is 250 g/mol. The van der Waals surface area contributed by atoms with Crippen LogP contribution in [0.2, 0.25) is 0 Å². The number of carbonyl (C=O) groups is 1. The maximum absolute atomic E-state index is 10.8. The molecule has 6 heteroatoms. The number of nitro groups is 1. The second-order valence-electron chi connectivity index (χ2n) is 4.28. The first-order valence-corrected chi connectivity index (χ1v) is 6.10.